The summed E-state index contributed by atoms with van der Waals surface area (Å²) in [7, 11) is 0. The smallest absolute Gasteiger partial charge is 0.0846 e. The average Bonchev–Trinajstić information content (AvgIpc) is 2.45. The maximum absolute atomic E-state index is 6.87. The first-order valence-corrected chi connectivity index (χ1v) is 7.71. The lowest BCUT2D eigenvalue weighted by Crippen LogP contribution is -2.01. The largest absolute Gasteiger partial charge is 0.113 e. The molecule has 0 spiro atoms. The number of hydrogen-bond donors (Lipinski definition) is 0. The summed E-state index contributed by atoms with van der Waals surface area (Å²) in [5.74, 6) is 0. The Balaban J connectivity index is 2.20. The van der Waals surface area contributed by atoms with Gasteiger partial charge in [-0.3, -0.25) is 0 Å². The summed E-state index contributed by atoms with van der Waals surface area (Å²) in [5, 5.41) is 2.36. The van der Waals surface area contributed by atoms with Crippen LogP contribution in [0.15, 0.2) is 54.6 Å². The van der Waals surface area contributed by atoms with E-state index in [0.717, 1.165) is 0 Å². The Labute approximate surface area is 131 Å². The van der Waals surface area contributed by atoms with Gasteiger partial charge in [0.1, 0.15) is 0 Å². The van der Waals surface area contributed by atoms with Crippen molar-refractivity contribution in [2.75, 3.05) is 0 Å². The van der Waals surface area contributed by atoms with Gasteiger partial charge in [0.2, 0.25) is 0 Å². The van der Waals surface area contributed by atoms with Crippen molar-refractivity contribution in [3.8, 4) is 0 Å². The van der Waals surface area contributed by atoms with Crippen molar-refractivity contribution >= 4 is 22.4 Å². The molecule has 0 aliphatic carbocycles. The number of fused-ring (bicyclic) bond motifs is 1. The van der Waals surface area contributed by atoms with Gasteiger partial charge in [0.15, 0.2) is 0 Å². The van der Waals surface area contributed by atoms with Crippen molar-refractivity contribution < 1.29 is 0 Å². The predicted molar refractivity (Wildman–Crippen MR) is 92.3 cm³/mol. The van der Waals surface area contributed by atoms with E-state index in [9.17, 15) is 0 Å². The number of alkyl halides is 1. The Bertz CT molecular complexity index is 774. The second-order valence-corrected chi connectivity index (χ2v) is 6.18. The van der Waals surface area contributed by atoms with Crippen LogP contribution in [0, 0.1) is 20.8 Å². The van der Waals surface area contributed by atoms with Crippen molar-refractivity contribution in [1.82, 2.24) is 0 Å². The molecule has 3 rings (SSSR count). The zero-order chi connectivity index (χ0) is 15.0. The molecule has 3 aromatic carbocycles. The third kappa shape index (κ3) is 2.56. The van der Waals surface area contributed by atoms with Crippen molar-refractivity contribution in [1.29, 1.82) is 0 Å². The van der Waals surface area contributed by atoms with Crippen LogP contribution in [0.2, 0.25) is 0 Å². The highest BCUT2D eigenvalue weighted by atomic mass is 35.5. The molecule has 0 aliphatic heterocycles. The Kier molecular flexibility index (Phi) is 3.73. The normalized spacial score (nSPS) is 12.6. The van der Waals surface area contributed by atoms with Crippen LogP contribution in [0.3, 0.4) is 0 Å². The molecule has 1 atom stereocenters. The highest BCUT2D eigenvalue weighted by Gasteiger charge is 2.18. The second kappa shape index (κ2) is 5.54. The van der Waals surface area contributed by atoms with Crippen LogP contribution in [0.5, 0.6) is 0 Å². The minimum Gasteiger partial charge on any atom is -0.113 e. The van der Waals surface area contributed by atoms with E-state index in [0.29, 0.717) is 0 Å². The molecule has 21 heavy (non-hydrogen) atoms. The van der Waals surface area contributed by atoms with Gasteiger partial charge in [0.05, 0.1) is 5.38 Å². The fraction of sp³-hybridized carbons (Fsp3) is 0.200. The zero-order valence-electron chi connectivity index (χ0n) is 12.7. The molecule has 0 N–H and O–H groups in total. The van der Waals surface area contributed by atoms with E-state index < -0.39 is 0 Å². The van der Waals surface area contributed by atoms with E-state index in [2.05, 4.69) is 75.4 Å². The van der Waals surface area contributed by atoms with Gasteiger partial charge in [-0.2, -0.15) is 0 Å². The third-order valence-corrected chi connectivity index (χ3v) is 4.54. The van der Waals surface area contributed by atoms with E-state index in [1.165, 1.54) is 38.6 Å². The van der Waals surface area contributed by atoms with Crippen molar-refractivity contribution in [2.24, 2.45) is 0 Å². The van der Waals surface area contributed by atoms with Crippen LogP contribution in [0.25, 0.3) is 10.8 Å². The van der Waals surface area contributed by atoms with Crippen LogP contribution < -0.4 is 0 Å². The summed E-state index contributed by atoms with van der Waals surface area (Å²) in [6.07, 6.45) is 0. The Hall–Kier alpha value is -1.79. The van der Waals surface area contributed by atoms with Gasteiger partial charge in [0.25, 0.3) is 0 Å². The molecular weight excluding hydrogens is 276 g/mol. The van der Waals surface area contributed by atoms with Crippen molar-refractivity contribution in [3.63, 3.8) is 0 Å². The van der Waals surface area contributed by atoms with E-state index in [-0.39, 0.29) is 5.38 Å². The van der Waals surface area contributed by atoms with Gasteiger partial charge < -0.3 is 0 Å². The van der Waals surface area contributed by atoms with Gasteiger partial charge in [-0.05, 0) is 53.8 Å². The maximum Gasteiger partial charge on any atom is 0.0846 e. The predicted octanol–water partition coefficient (Wildman–Crippen LogP) is 6.09. The summed E-state index contributed by atoms with van der Waals surface area (Å²) >= 11 is 6.87. The molecule has 106 valence electrons. The highest BCUT2D eigenvalue weighted by Crippen LogP contribution is 2.37. The van der Waals surface area contributed by atoms with Crippen LogP contribution >= 0.6 is 11.6 Å². The molecule has 1 heteroatoms. The quantitative estimate of drug-likeness (QED) is 0.501. The number of hydrogen-bond acceptors (Lipinski definition) is 0. The lowest BCUT2D eigenvalue weighted by molar-refractivity contribution is 1.09. The summed E-state index contributed by atoms with van der Waals surface area (Å²) in [6, 6.07) is 19.2. The van der Waals surface area contributed by atoms with E-state index in [4.69, 9.17) is 11.6 Å². The summed E-state index contributed by atoms with van der Waals surface area (Å²) in [6.45, 7) is 6.43. The lowest BCUT2D eigenvalue weighted by atomic mass is 9.91. The monoisotopic (exact) mass is 294 g/mol. The first-order valence-electron chi connectivity index (χ1n) is 7.27. The SMILES string of the molecule is Cc1cc(C)c(C(Cl)c2cccc3ccccc23)c(C)c1. The second-order valence-electron chi connectivity index (χ2n) is 5.74. The molecule has 3 aromatic rings. The maximum atomic E-state index is 6.87. The van der Waals surface area contributed by atoms with Crippen LogP contribution in [0.1, 0.15) is 33.2 Å². The first-order chi connectivity index (χ1) is 10.1. The molecule has 0 saturated heterocycles. The van der Waals surface area contributed by atoms with Crippen LogP contribution in [-0.2, 0) is 0 Å². The third-order valence-electron chi connectivity index (χ3n) is 4.09. The highest BCUT2D eigenvalue weighted by molar-refractivity contribution is 6.23. The fourth-order valence-corrected chi connectivity index (χ4v) is 3.75. The van der Waals surface area contributed by atoms with Gasteiger partial charge in [-0.15, -0.1) is 11.6 Å². The van der Waals surface area contributed by atoms with Gasteiger partial charge in [-0.1, -0.05) is 60.2 Å². The topological polar surface area (TPSA) is 0 Å². The Morgan fingerprint density at radius 1 is 0.810 bits per heavy atom. The molecule has 0 bridgehead atoms. The van der Waals surface area contributed by atoms with Crippen molar-refractivity contribution in [2.45, 2.75) is 26.1 Å². The van der Waals surface area contributed by atoms with Gasteiger partial charge >= 0.3 is 0 Å². The van der Waals surface area contributed by atoms with E-state index in [1.807, 2.05) is 0 Å². The molecule has 0 nitrogen and oxygen atoms in total. The van der Waals surface area contributed by atoms with E-state index in [1.54, 1.807) is 0 Å². The Morgan fingerprint density at radius 2 is 1.43 bits per heavy atom. The Morgan fingerprint density at radius 3 is 2.14 bits per heavy atom. The molecular formula is C20H19Cl. The first kappa shape index (κ1) is 14.2. The molecule has 0 radical (unpaired) electrons. The molecule has 0 amide bonds. The molecule has 0 aliphatic rings. The lowest BCUT2D eigenvalue weighted by Gasteiger charge is -2.19. The average molecular weight is 295 g/mol. The molecule has 0 fully saturated rings. The molecule has 0 heterocycles. The zero-order valence-corrected chi connectivity index (χ0v) is 13.4. The standard InChI is InChI=1S/C20H19Cl/c1-13-11-14(2)19(15(3)12-13)20(21)18-10-6-8-16-7-4-5-9-17(16)18/h4-12,20H,1-3H3. The van der Waals surface area contributed by atoms with Crippen LogP contribution in [0.4, 0.5) is 0 Å². The minimum absolute atomic E-state index is 0.114. The minimum atomic E-state index is -0.114. The molecule has 1 unspecified atom stereocenters. The fourth-order valence-electron chi connectivity index (χ4n) is 3.22. The molecule has 0 aromatic heterocycles. The van der Waals surface area contributed by atoms with E-state index >= 15 is 0 Å². The van der Waals surface area contributed by atoms with Gasteiger partial charge in [0, 0.05) is 0 Å². The summed E-state index contributed by atoms with van der Waals surface area (Å²) in [5.41, 5.74) is 6.24. The number of benzene rings is 3. The number of aryl methyl sites for hydroxylation is 3. The molecule has 0 saturated carbocycles. The van der Waals surface area contributed by atoms with Crippen LogP contribution in [-0.4, -0.2) is 0 Å². The van der Waals surface area contributed by atoms with Crippen molar-refractivity contribution in [3.05, 3.63) is 82.4 Å². The summed E-state index contributed by atoms with van der Waals surface area (Å²) in [4.78, 5) is 0. The number of rotatable bonds is 2. The van der Waals surface area contributed by atoms with Gasteiger partial charge in [-0.25, -0.2) is 0 Å². The summed E-state index contributed by atoms with van der Waals surface area (Å²) < 4.78 is 0. The number of halogens is 1.